The van der Waals surface area contributed by atoms with E-state index in [-0.39, 0.29) is 24.5 Å². The van der Waals surface area contributed by atoms with Crippen LogP contribution in [0.1, 0.15) is 184 Å². The number of ether oxygens (including phenoxy) is 3. The van der Waals surface area contributed by atoms with Crippen molar-refractivity contribution in [3.05, 3.63) is 24.3 Å². The molecule has 0 aromatic heterocycles. The van der Waals surface area contributed by atoms with E-state index in [4.69, 9.17) is 14.2 Å². The third-order valence-electron chi connectivity index (χ3n) is 10.4. The molecular formula is C47H85NO7. The molecule has 3 atom stereocenters. The maximum absolute atomic E-state index is 12.6. The van der Waals surface area contributed by atoms with Gasteiger partial charge in [-0.1, -0.05) is 125 Å². The van der Waals surface area contributed by atoms with Crippen LogP contribution in [0.2, 0.25) is 0 Å². The zero-order valence-electron chi connectivity index (χ0n) is 37.2. The lowest BCUT2D eigenvalue weighted by atomic mass is 9.88. The number of hydrogen-bond acceptors (Lipinski definition) is 8. The Labute approximate surface area is 338 Å². The summed E-state index contributed by atoms with van der Waals surface area (Å²) in [7, 11) is 4.01. The third kappa shape index (κ3) is 33.4. The predicted molar refractivity (Wildman–Crippen MR) is 227 cm³/mol. The van der Waals surface area contributed by atoms with Crippen molar-refractivity contribution in [2.45, 2.75) is 190 Å². The van der Waals surface area contributed by atoms with E-state index in [1.54, 1.807) is 0 Å². The molecule has 0 saturated heterocycles. The molecule has 320 valence electrons. The Hall–Kier alpha value is -2.48. The van der Waals surface area contributed by atoms with Gasteiger partial charge in [0.25, 0.3) is 0 Å². The first-order valence-electron chi connectivity index (χ1n) is 22.2. The Bertz CT molecular complexity index is 1060. The Morgan fingerprint density at radius 3 is 1.51 bits per heavy atom. The fourth-order valence-electron chi connectivity index (χ4n) is 6.59. The molecule has 0 aliphatic carbocycles. The lowest BCUT2D eigenvalue weighted by molar-refractivity contribution is -0.156. The molecule has 0 aromatic rings. The minimum absolute atomic E-state index is 0.0785. The average Bonchev–Trinajstić information content (AvgIpc) is 3.09. The molecule has 55 heavy (non-hydrogen) atoms. The van der Waals surface area contributed by atoms with Gasteiger partial charge in [0.05, 0.1) is 0 Å². The van der Waals surface area contributed by atoms with E-state index in [0.29, 0.717) is 61.4 Å². The zero-order chi connectivity index (χ0) is 41.4. The van der Waals surface area contributed by atoms with Crippen LogP contribution in [0.25, 0.3) is 0 Å². The van der Waals surface area contributed by atoms with Gasteiger partial charge in [-0.25, -0.2) is 4.79 Å². The topological polar surface area (TPSA) is 99.2 Å². The summed E-state index contributed by atoms with van der Waals surface area (Å²) in [5.74, 6) is 1.86. The summed E-state index contributed by atoms with van der Waals surface area (Å²) in [4.78, 5) is 51.3. The Morgan fingerprint density at radius 2 is 1.00 bits per heavy atom. The van der Waals surface area contributed by atoms with Gasteiger partial charge in [-0.3, -0.25) is 14.4 Å². The molecule has 0 aromatic carbocycles. The number of carbonyl (C=O) groups is 4. The van der Waals surface area contributed by atoms with Crippen LogP contribution < -0.4 is 0 Å². The molecule has 0 N–H and O–H groups in total. The summed E-state index contributed by atoms with van der Waals surface area (Å²) in [5, 5.41) is 0. The summed E-state index contributed by atoms with van der Waals surface area (Å²) in [6.45, 7) is 18.9. The summed E-state index contributed by atoms with van der Waals surface area (Å²) in [6.07, 6.45) is 25.0. The van der Waals surface area contributed by atoms with Gasteiger partial charge in [0.1, 0.15) is 12.7 Å². The molecular weight excluding hydrogens is 691 g/mol. The number of unbranched alkanes of at least 4 members (excludes halogenated alkanes) is 8. The van der Waals surface area contributed by atoms with Crippen molar-refractivity contribution in [3.8, 4) is 0 Å². The molecule has 0 aliphatic heterocycles. The molecule has 8 nitrogen and oxygen atoms in total. The maximum atomic E-state index is 12.6. The summed E-state index contributed by atoms with van der Waals surface area (Å²) in [6, 6.07) is 0. The number of esters is 4. The Kier molecular flexibility index (Phi) is 32.1. The van der Waals surface area contributed by atoms with E-state index in [2.05, 4.69) is 66.4 Å². The van der Waals surface area contributed by atoms with Crippen molar-refractivity contribution < 1.29 is 33.4 Å². The van der Waals surface area contributed by atoms with Crippen molar-refractivity contribution in [3.63, 3.8) is 0 Å². The summed E-state index contributed by atoms with van der Waals surface area (Å²) >= 11 is 0. The van der Waals surface area contributed by atoms with E-state index in [9.17, 15) is 19.2 Å². The van der Waals surface area contributed by atoms with Gasteiger partial charge in [-0.2, -0.15) is 0 Å². The number of carbonyl (C=O) groups excluding carboxylic acids is 4. The first-order chi connectivity index (χ1) is 26.1. The smallest absolute Gasteiger partial charge is 0.338 e. The fraction of sp³-hybridized carbons (Fsp3) is 0.830. The molecule has 0 rings (SSSR count). The second kappa shape index (κ2) is 33.6. The van der Waals surface area contributed by atoms with E-state index in [0.717, 1.165) is 96.4 Å². The first kappa shape index (κ1) is 52.5. The van der Waals surface area contributed by atoms with Gasteiger partial charge >= 0.3 is 23.9 Å². The van der Waals surface area contributed by atoms with Crippen molar-refractivity contribution in [2.75, 3.05) is 27.2 Å². The van der Waals surface area contributed by atoms with Crippen molar-refractivity contribution in [2.24, 2.45) is 35.5 Å². The standard InChI is InChI=1S/C47H85NO7/c1-37(2)29-31-41(39(5)6)23-22-36-53-44(49)26-19-15-11-13-17-24-43(54-45(50)28-21-35-48(9)10)25-18-14-12-16-20-27-46(51)55-47(52)34-33-42(40(7)8)32-30-38(3)4/h22-23,33-34,37-43H,11-21,24-32,35-36H2,1-10H3/b23-22+,34-33+. The molecule has 0 aliphatic rings. The van der Waals surface area contributed by atoms with Crippen LogP contribution >= 0.6 is 0 Å². The normalized spacial score (nSPS) is 13.8. The lowest BCUT2D eigenvalue weighted by Crippen LogP contribution is -2.20. The lowest BCUT2D eigenvalue weighted by Gasteiger charge is -2.18. The minimum atomic E-state index is -0.575. The van der Waals surface area contributed by atoms with Crippen LogP contribution in [-0.4, -0.2) is 62.1 Å². The van der Waals surface area contributed by atoms with Crippen LogP contribution in [0, 0.1) is 35.5 Å². The Morgan fingerprint density at radius 1 is 0.527 bits per heavy atom. The van der Waals surface area contributed by atoms with Crippen LogP contribution in [0.15, 0.2) is 24.3 Å². The van der Waals surface area contributed by atoms with Gasteiger partial charge < -0.3 is 19.1 Å². The van der Waals surface area contributed by atoms with E-state index < -0.39 is 11.9 Å². The van der Waals surface area contributed by atoms with E-state index in [1.807, 2.05) is 26.2 Å². The van der Waals surface area contributed by atoms with E-state index >= 15 is 0 Å². The molecule has 0 amide bonds. The van der Waals surface area contributed by atoms with Gasteiger partial charge in [0, 0.05) is 25.3 Å². The monoisotopic (exact) mass is 776 g/mol. The highest BCUT2D eigenvalue weighted by molar-refractivity contribution is 5.92. The predicted octanol–water partition coefficient (Wildman–Crippen LogP) is 11.8. The molecule has 0 saturated carbocycles. The highest BCUT2D eigenvalue weighted by Crippen LogP contribution is 2.23. The zero-order valence-corrected chi connectivity index (χ0v) is 37.2. The molecule has 0 fully saturated rings. The van der Waals surface area contributed by atoms with Crippen LogP contribution in [-0.2, 0) is 33.4 Å². The van der Waals surface area contributed by atoms with Crippen molar-refractivity contribution in [1.82, 2.24) is 4.90 Å². The first-order valence-corrected chi connectivity index (χ1v) is 22.2. The maximum Gasteiger partial charge on any atom is 0.338 e. The second-order valence-corrected chi connectivity index (χ2v) is 17.7. The number of allylic oxidation sites excluding steroid dienone is 2. The van der Waals surface area contributed by atoms with Crippen LogP contribution in [0.4, 0.5) is 0 Å². The summed E-state index contributed by atoms with van der Waals surface area (Å²) in [5.41, 5.74) is 0. The molecule has 3 unspecified atom stereocenters. The van der Waals surface area contributed by atoms with Crippen LogP contribution in [0.5, 0.6) is 0 Å². The Balaban J connectivity index is 4.44. The van der Waals surface area contributed by atoms with Crippen molar-refractivity contribution in [1.29, 1.82) is 0 Å². The fourth-order valence-corrected chi connectivity index (χ4v) is 6.59. The van der Waals surface area contributed by atoms with Gasteiger partial charge in [0.15, 0.2) is 0 Å². The quantitative estimate of drug-likeness (QED) is 0.0159. The highest BCUT2D eigenvalue weighted by atomic mass is 16.6. The molecule has 0 heterocycles. The van der Waals surface area contributed by atoms with Crippen LogP contribution in [0.3, 0.4) is 0 Å². The summed E-state index contributed by atoms with van der Waals surface area (Å²) < 4.78 is 16.4. The molecule has 0 bridgehead atoms. The van der Waals surface area contributed by atoms with Gasteiger partial charge in [0.2, 0.25) is 0 Å². The highest BCUT2D eigenvalue weighted by Gasteiger charge is 2.16. The SMILES string of the molecule is CC(C)CCC(/C=C/COC(=O)CCCCCCCC(CCCCCCCC(=O)OC(=O)/C=C/C(CCC(C)C)C(C)C)OC(=O)CCCN(C)C)C(C)C. The van der Waals surface area contributed by atoms with Gasteiger partial charge in [-0.15, -0.1) is 0 Å². The average molecular weight is 776 g/mol. The third-order valence-corrected chi connectivity index (χ3v) is 10.4. The molecule has 0 radical (unpaired) electrons. The minimum Gasteiger partial charge on any atom is -0.462 e. The number of nitrogens with zero attached hydrogens (tertiary/aromatic N) is 1. The molecule has 8 heteroatoms. The van der Waals surface area contributed by atoms with E-state index in [1.165, 1.54) is 18.9 Å². The number of rotatable bonds is 34. The van der Waals surface area contributed by atoms with Gasteiger partial charge in [-0.05, 0) is 114 Å². The second-order valence-electron chi connectivity index (χ2n) is 17.7. The number of hydrogen-bond donors (Lipinski definition) is 0. The largest absolute Gasteiger partial charge is 0.462 e. The van der Waals surface area contributed by atoms with Crippen molar-refractivity contribution >= 4 is 23.9 Å². The molecule has 0 spiro atoms.